The van der Waals surface area contributed by atoms with Gasteiger partial charge in [0.25, 0.3) is 0 Å². The monoisotopic (exact) mass is 372 g/mol. The Balaban J connectivity index is 2.06. The van der Waals surface area contributed by atoms with Gasteiger partial charge in [-0.15, -0.1) is 0 Å². The van der Waals surface area contributed by atoms with Gasteiger partial charge in [0.15, 0.2) is 0 Å². The van der Waals surface area contributed by atoms with Crippen LogP contribution >= 0.6 is 22.6 Å². The van der Waals surface area contributed by atoms with Crippen molar-refractivity contribution < 1.29 is 19.1 Å². The van der Waals surface area contributed by atoms with Crippen molar-refractivity contribution in [1.82, 2.24) is 0 Å². The normalized spacial score (nSPS) is 33.5. The highest BCUT2D eigenvalue weighted by molar-refractivity contribution is 14.1. The molecule has 2 fully saturated rings. The van der Waals surface area contributed by atoms with Gasteiger partial charge < -0.3 is 9.47 Å². The van der Waals surface area contributed by atoms with Gasteiger partial charge in [-0.25, -0.2) is 4.79 Å². The van der Waals surface area contributed by atoms with Crippen LogP contribution in [0.25, 0.3) is 0 Å². The van der Waals surface area contributed by atoms with Gasteiger partial charge in [0.1, 0.15) is 6.10 Å². The Morgan fingerprint density at radius 3 is 2.58 bits per heavy atom. The van der Waals surface area contributed by atoms with Crippen LogP contribution in [0.15, 0.2) is 30.3 Å². The fourth-order valence-corrected chi connectivity index (χ4v) is 3.64. The van der Waals surface area contributed by atoms with E-state index < -0.39 is 11.6 Å². The third-order valence-electron chi connectivity index (χ3n) is 3.79. The molecule has 0 amide bonds. The Hall–Kier alpha value is -1.11. The van der Waals surface area contributed by atoms with Crippen LogP contribution < -0.4 is 0 Å². The smallest absolute Gasteiger partial charge is 0.351 e. The highest BCUT2D eigenvalue weighted by atomic mass is 127. The molecule has 0 radical (unpaired) electrons. The summed E-state index contributed by atoms with van der Waals surface area (Å²) in [5.74, 6) is -0.912. The van der Waals surface area contributed by atoms with Crippen molar-refractivity contribution in [3.63, 3.8) is 0 Å². The molecule has 0 N–H and O–H groups in total. The van der Waals surface area contributed by atoms with Crippen LogP contribution in [0.3, 0.4) is 0 Å². The summed E-state index contributed by atoms with van der Waals surface area (Å²) in [7, 11) is 0. The van der Waals surface area contributed by atoms with Gasteiger partial charge in [0.2, 0.25) is 5.60 Å². The predicted molar refractivity (Wildman–Crippen MR) is 76.0 cm³/mol. The molecule has 3 rings (SSSR count). The molecule has 2 aliphatic rings. The van der Waals surface area contributed by atoms with Gasteiger partial charge in [-0.2, -0.15) is 0 Å². The summed E-state index contributed by atoms with van der Waals surface area (Å²) in [6.45, 7) is 0. The van der Waals surface area contributed by atoms with Gasteiger partial charge in [-0.1, -0.05) is 52.9 Å². The van der Waals surface area contributed by atoms with E-state index in [2.05, 4.69) is 22.6 Å². The molecule has 2 aliphatic heterocycles. The molecule has 2 heterocycles. The zero-order valence-electron chi connectivity index (χ0n) is 10.2. The molecule has 2 saturated heterocycles. The summed E-state index contributed by atoms with van der Waals surface area (Å²) < 4.78 is 11.5. The molecule has 19 heavy (non-hydrogen) atoms. The first kappa shape index (κ1) is 12.9. The third kappa shape index (κ3) is 1.94. The molecule has 1 aromatic rings. The molecular weight excluding hydrogens is 359 g/mol. The van der Waals surface area contributed by atoms with Crippen molar-refractivity contribution in [3.8, 4) is 0 Å². The van der Waals surface area contributed by atoms with Gasteiger partial charge in [-0.05, 0) is 5.56 Å². The zero-order chi connectivity index (χ0) is 13.5. The second-order valence-corrected chi connectivity index (χ2v) is 5.73. The molecule has 3 atom stereocenters. The minimum atomic E-state index is -1.10. The van der Waals surface area contributed by atoms with Crippen LogP contribution in [0, 0.1) is 0 Å². The lowest BCUT2D eigenvalue weighted by Crippen LogP contribution is -2.40. The first-order chi connectivity index (χ1) is 9.17. The third-order valence-corrected chi connectivity index (χ3v) is 4.65. The maximum atomic E-state index is 12.2. The van der Waals surface area contributed by atoms with Gasteiger partial charge >= 0.3 is 11.9 Å². The number of carbonyl (C=O) groups is 2. The molecule has 100 valence electrons. The number of halogens is 1. The number of hydrogen-bond acceptors (Lipinski definition) is 4. The van der Waals surface area contributed by atoms with E-state index in [1.54, 1.807) is 0 Å². The standard InChI is InChI=1S/C14H13IO4/c15-8-10-12(9-4-2-1-3-5-9)14(13(17)18-10)7-6-11(16)19-14/h1-5,10,12H,6-8H2/t10-,12+,14-/m0/s1. The maximum absolute atomic E-state index is 12.2. The van der Waals surface area contributed by atoms with E-state index in [0.29, 0.717) is 10.8 Å². The summed E-state index contributed by atoms with van der Waals surface area (Å²) in [5.41, 5.74) is -0.112. The van der Waals surface area contributed by atoms with E-state index in [0.717, 1.165) is 5.56 Å². The topological polar surface area (TPSA) is 52.6 Å². The molecule has 0 aromatic heterocycles. The van der Waals surface area contributed by atoms with Gasteiger partial charge in [0.05, 0.1) is 5.92 Å². The summed E-state index contributed by atoms with van der Waals surface area (Å²) in [6.07, 6.45) is 0.463. The first-order valence-corrected chi connectivity index (χ1v) is 7.74. The van der Waals surface area contributed by atoms with Gasteiger partial charge in [0, 0.05) is 17.3 Å². The molecule has 4 nitrogen and oxygen atoms in total. The van der Waals surface area contributed by atoms with Crippen molar-refractivity contribution in [2.75, 3.05) is 4.43 Å². The fraction of sp³-hybridized carbons (Fsp3) is 0.429. The van der Waals surface area contributed by atoms with Crippen LogP contribution in [0.4, 0.5) is 0 Å². The number of alkyl halides is 1. The lowest BCUT2D eigenvalue weighted by atomic mass is 9.79. The van der Waals surface area contributed by atoms with Crippen molar-refractivity contribution in [1.29, 1.82) is 0 Å². The van der Waals surface area contributed by atoms with Gasteiger partial charge in [-0.3, -0.25) is 4.79 Å². The fourth-order valence-electron chi connectivity index (χ4n) is 2.95. The van der Waals surface area contributed by atoms with E-state index >= 15 is 0 Å². The molecule has 5 heteroatoms. The first-order valence-electron chi connectivity index (χ1n) is 6.21. The van der Waals surface area contributed by atoms with Crippen molar-refractivity contribution in [3.05, 3.63) is 35.9 Å². The molecule has 1 spiro atoms. The highest BCUT2D eigenvalue weighted by Gasteiger charge is 2.62. The summed E-state index contributed by atoms with van der Waals surface area (Å²) in [5, 5.41) is 0. The second kappa shape index (κ2) is 4.77. The quantitative estimate of drug-likeness (QED) is 0.454. The molecule has 0 unspecified atom stereocenters. The Bertz CT molecular complexity index is 515. The molecule has 0 aliphatic carbocycles. The predicted octanol–water partition coefficient (Wildman–Crippen LogP) is 2.21. The van der Waals surface area contributed by atoms with Crippen LogP contribution in [0.5, 0.6) is 0 Å². The second-order valence-electron chi connectivity index (χ2n) is 4.85. The number of esters is 2. The number of benzene rings is 1. The minimum Gasteiger partial charge on any atom is -0.458 e. The Morgan fingerprint density at radius 2 is 2.00 bits per heavy atom. The molecule has 1 aromatic carbocycles. The van der Waals surface area contributed by atoms with E-state index in [1.807, 2.05) is 30.3 Å². The van der Waals surface area contributed by atoms with E-state index in [1.165, 1.54) is 0 Å². The zero-order valence-corrected chi connectivity index (χ0v) is 12.3. The van der Waals surface area contributed by atoms with Crippen molar-refractivity contribution in [2.24, 2.45) is 0 Å². The Labute approximate surface area is 124 Å². The maximum Gasteiger partial charge on any atom is 0.351 e. The number of carbonyl (C=O) groups excluding carboxylic acids is 2. The average Bonchev–Trinajstić information content (AvgIpc) is 2.94. The Morgan fingerprint density at radius 1 is 1.26 bits per heavy atom. The highest BCUT2D eigenvalue weighted by Crippen LogP contribution is 2.48. The largest absolute Gasteiger partial charge is 0.458 e. The average molecular weight is 372 g/mol. The van der Waals surface area contributed by atoms with Crippen LogP contribution in [-0.4, -0.2) is 28.1 Å². The lowest BCUT2D eigenvalue weighted by molar-refractivity contribution is -0.165. The lowest BCUT2D eigenvalue weighted by Gasteiger charge is -2.27. The van der Waals surface area contributed by atoms with E-state index in [-0.39, 0.29) is 24.4 Å². The molecule has 0 bridgehead atoms. The summed E-state index contributed by atoms with van der Waals surface area (Å²) >= 11 is 2.20. The van der Waals surface area contributed by atoms with Crippen LogP contribution in [0.2, 0.25) is 0 Å². The number of hydrogen-bond donors (Lipinski definition) is 0. The Kier molecular flexibility index (Phi) is 3.24. The molecular formula is C14H13IO4. The van der Waals surface area contributed by atoms with Crippen molar-refractivity contribution in [2.45, 2.75) is 30.5 Å². The minimum absolute atomic E-state index is 0.204. The van der Waals surface area contributed by atoms with Crippen LogP contribution in [-0.2, 0) is 19.1 Å². The summed E-state index contributed by atoms with van der Waals surface area (Å²) in [4.78, 5) is 23.7. The van der Waals surface area contributed by atoms with E-state index in [9.17, 15) is 9.59 Å². The van der Waals surface area contributed by atoms with E-state index in [4.69, 9.17) is 9.47 Å². The number of cyclic esters (lactones) is 1. The number of rotatable bonds is 2. The van der Waals surface area contributed by atoms with Crippen LogP contribution in [0.1, 0.15) is 24.3 Å². The SMILES string of the molecule is O=C1CC[C@@]2(O1)C(=O)O[C@@H](CI)[C@H]2c1ccccc1. The van der Waals surface area contributed by atoms with Crippen molar-refractivity contribution >= 4 is 34.5 Å². The molecule has 0 saturated carbocycles. The summed E-state index contributed by atoms with van der Waals surface area (Å²) in [6, 6.07) is 9.69. The number of ether oxygens (including phenoxy) is 2.